The second-order valence-corrected chi connectivity index (χ2v) is 17.9. The van der Waals surface area contributed by atoms with Crippen molar-refractivity contribution in [2.75, 3.05) is 46.6 Å². The molecule has 304 valence electrons. The molecule has 3 saturated heterocycles. The third-order valence-electron chi connectivity index (χ3n) is 13.5. The van der Waals surface area contributed by atoms with Gasteiger partial charge in [0.25, 0.3) is 11.5 Å². The van der Waals surface area contributed by atoms with Gasteiger partial charge in [0.15, 0.2) is 0 Å². The molecule has 2 aromatic carbocycles. The normalized spacial score (nSPS) is 27.4. The Hall–Kier alpha value is -4.13. The largest absolute Gasteiger partial charge is 0.475 e. The lowest BCUT2D eigenvalue weighted by molar-refractivity contribution is -0.956. The maximum Gasteiger partial charge on any atom is 0.360 e. The van der Waals surface area contributed by atoms with Crippen LogP contribution < -0.4 is 4.74 Å². The smallest absolute Gasteiger partial charge is 0.360 e. The van der Waals surface area contributed by atoms with Crippen LogP contribution in [0.15, 0.2) is 66.7 Å². The molecule has 1 saturated carbocycles. The van der Waals surface area contributed by atoms with Crippen LogP contribution in [0, 0.1) is 11.8 Å². The van der Waals surface area contributed by atoms with Crippen molar-refractivity contribution < 1.29 is 42.3 Å². The minimum absolute atomic E-state index is 0.160. The standard InChI is InChI=1S/C45H58N4O7S/c1-3-4-5-14-26-53-41-40(46-57-47-41)32-16-15-23-48(2,30-32)31-54-42(50)38-29-39(38)43(51)56-45(33-17-8-6-9-18-33,34-19-10-7-11-20-34)44(52)55-37-27-35-21-22-36(28-37)49(35)24-12-13-25-49/h6-11,16-20,35-39H,3-5,12-15,21-31H2,1-2H3/q+2/t35?,36?,37?,38-,39+,48?/m0/s1. The van der Waals surface area contributed by atoms with Crippen LogP contribution in [-0.4, -0.2) is 100 Å². The Morgan fingerprint density at radius 1 is 0.825 bits per heavy atom. The van der Waals surface area contributed by atoms with Crippen molar-refractivity contribution in [2.45, 2.75) is 108 Å². The minimum atomic E-state index is -1.83. The molecule has 0 N–H and O–H groups in total. The number of carbonyl (C=O) groups is 3. The number of rotatable bonds is 16. The van der Waals surface area contributed by atoms with E-state index < -0.39 is 35.3 Å². The summed E-state index contributed by atoms with van der Waals surface area (Å²) in [7, 11) is 2.06. The third-order valence-corrected chi connectivity index (χ3v) is 14.0. The fraction of sp³-hybridized carbons (Fsp3) is 0.578. The molecule has 3 aromatic rings. The molecule has 2 bridgehead atoms. The second-order valence-electron chi connectivity index (χ2n) is 17.4. The predicted octanol–water partition coefficient (Wildman–Crippen LogP) is 7.20. The third kappa shape index (κ3) is 8.14. The molecular formula is C45H58N4O7S+2. The average molecular weight is 799 g/mol. The molecular weight excluding hydrogens is 741 g/mol. The zero-order valence-corrected chi connectivity index (χ0v) is 34.3. The van der Waals surface area contributed by atoms with Gasteiger partial charge < -0.3 is 23.4 Å². The van der Waals surface area contributed by atoms with Gasteiger partial charge >= 0.3 is 17.9 Å². The SMILES string of the molecule is CCCCCCOc1nsnc1C1=CCC[N+](C)(COC(=O)[C@H]2C[C@H]2C(=O)OC(C(=O)OC2CC3CCC(C2)[N+]32CCCC2)(c2ccccc2)c2ccccc2)C1. The van der Waals surface area contributed by atoms with E-state index in [1.165, 1.54) is 56.1 Å². The fourth-order valence-electron chi connectivity index (χ4n) is 10.3. The average Bonchev–Trinajstić information content (AvgIpc) is 3.57. The van der Waals surface area contributed by atoms with Gasteiger partial charge in [-0.05, 0) is 12.8 Å². The molecule has 5 heterocycles. The van der Waals surface area contributed by atoms with E-state index in [0.29, 0.717) is 53.1 Å². The maximum atomic E-state index is 14.8. The Morgan fingerprint density at radius 3 is 2.16 bits per heavy atom. The van der Waals surface area contributed by atoms with Gasteiger partial charge in [0.2, 0.25) is 6.73 Å². The van der Waals surface area contributed by atoms with Crippen LogP contribution >= 0.6 is 11.7 Å². The number of esters is 3. The molecule has 1 spiro atoms. The van der Waals surface area contributed by atoms with Gasteiger partial charge in [-0.25, -0.2) is 4.79 Å². The number of quaternary nitrogens is 2. The van der Waals surface area contributed by atoms with E-state index in [2.05, 4.69) is 28.8 Å². The molecule has 57 heavy (non-hydrogen) atoms. The van der Waals surface area contributed by atoms with E-state index in [-0.39, 0.29) is 12.8 Å². The number of ether oxygens (including phenoxy) is 4. The summed E-state index contributed by atoms with van der Waals surface area (Å²) in [5.41, 5.74) is 1.01. The van der Waals surface area contributed by atoms with E-state index in [9.17, 15) is 14.4 Å². The molecule has 3 unspecified atom stereocenters. The highest BCUT2D eigenvalue weighted by atomic mass is 32.1. The zero-order chi connectivity index (χ0) is 39.5. The summed E-state index contributed by atoms with van der Waals surface area (Å²) in [5, 5.41) is 0. The molecule has 5 atom stereocenters. The molecule has 5 aliphatic rings. The summed E-state index contributed by atoms with van der Waals surface area (Å²) in [5.74, 6) is -2.41. The van der Waals surface area contributed by atoms with Crippen LogP contribution in [0.25, 0.3) is 5.57 Å². The molecule has 1 aromatic heterocycles. The number of carbonyl (C=O) groups excluding carboxylic acids is 3. The Kier molecular flexibility index (Phi) is 11.8. The number of hydrogen-bond donors (Lipinski definition) is 0. The van der Waals surface area contributed by atoms with Gasteiger partial charge in [0.05, 0.1) is 68.9 Å². The van der Waals surface area contributed by atoms with Gasteiger partial charge in [-0.2, -0.15) is 4.37 Å². The second kappa shape index (κ2) is 17.0. The van der Waals surface area contributed by atoms with Crippen molar-refractivity contribution in [1.29, 1.82) is 0 Å². The molecule has 1 aliphatic carbocycles. The van der Waals surface area contributed by atoms with Gasteiger partial charge in [-0.15, -0.1) is 4.37 Å². The summed E-state index contributed by atoms with van der Waals surface area (Å²) in [6.45, 7) is 6.82. The topological polar surface area (TPSA) is 114 Å². The van der Waals surface area contributed by atoms with Crippen molar-refractivity contribution in [3.63, 3.8) is 0 Å². The van der Waals surface area contributed by atoms with Gasteiger partial charge in [-0.3, -0.25) is 14.1 Å². The molecule has 0 radical (unpaired) electrons. The summed E-state index contributed by atoms with van der Waals surface area (Å²) >= 11 is 1.15. The van der Waals surface area contributed by atoms with E-state index in [0.717, 1.165) is 61.6 Å². The zero-order valence-electron chi connectivity index (χ0n) is 33.5. The van der Waals surface area contributed by atoms with Crippen LogP contribution in [0.4, 0.5) is 0 Å². The summed E-state index contributed by atoms with van der Waals surface area (Å²) in [4.78, 5) is 42.5. The van der Waals surface area contributed by atoms with Crippen LogP contribution in [0.3, 0.4) is 0 Å². The first-order chi connectivity index (χ1) is 27.7. The lowest BCUT2D eigenvalue weighted by atomic mass is 9.85. The van der Waals surface area contributed by atoms with Crippen molar-refractivity contribution >= 4 is 35.2 Å². The van der Waals surface area contributed by atoms with Gasteiger partial charge in [0, 0.05) is 61.6 Å². The van der Waals surface area contributed by atoms with Crippen molar-refractivity contribution in [2.24, 2.45) is 11.8 Å². The van der Waals surface area contributed by atoms with Gasteiger partial charge in [0.1, 0.15) is 18.3 Å². The van der Waals surface area contributed by atoms with Crippen LogP contribution in [-0.2, 0) is 34.2 Å². The Labute approximate surface area is 340 Å². The monoisotopic (exact) mass is 798 g/mol. The minimum Gasteiger partial charge on any atom is -0.475 e. The number of aromatic nitrogens is 2. The number of hydrogen-bond acceptors (Lipinski definition) is 10. The highest BCUT2D eigenvalue weighted by Gasteiger charge is 2.59. The first kappa shape index (κ1) is 39.7. The lowest BCUT2D eigenvalue weighted by Gasteiger charge is -2.47. The number of nitrogens with zero attached hydrogens (tertiary/aromatic N) is 4. The van der Waals surface area contributed by atoms with Crippen molar-refractivity contribution in [3.05, 3.63) is 83.6 Å². The molecule has 12 heteroatoms. The lowest BCUT2D eigenvalue weighted by Crippen LogP contribution is -2.60. The van der Waals surface area contributed by atoms with Crippen LogP contribution in [0.1, 0.15) is 101 Å². The van der Waals surface area contributed by atoms with E-state index >= 15 is 0 Å². The Balaban J connectivity index is 0.928. The predicted molar refractivity (Wildman–Crippen MR) is 216 cm³/mol. The van der Waals surface area contributed by atoms with Crippen LogP contribution in [0.2, 0.25) is 0 Å². The summed E-state index contributed by atoms with van der Waals surface area (Å²) < 4.78 is 35.5. The summed E-state index contributed by atoms with van der Waals surface area (Å²) in [6.07, 6.45) is 14.0. The highest BCUT2D eigenvalue weighted by Crippen LogP contribution is 2.48. The van der Waals surface area contributed by atoms with Crippen LogP contribution in [0.5, 0.6) is 5.88 Å². The summed E-state index contributed by atoms with van der Waals surface area (Å²) in [6, 6.07) is 19.4. The Bertz CT molecular complexity index is 1860. The number of likely N-dealkylation sites (N-methyl/N-ethyl adjacent to an activating group) is 1. The van der Waals surface area contributed by atoms with E-state index in [1.54, 1.807) is 0 Å². The van der Waals surface area contributed by atoms with E-state index in [4.69, 9.17) is 18.9 Å². The van der Waals surface area contributed by atoms with Crippen molar-refractivity contribution in [1.82, 2.24) is 8.75 Å². The molecule has 8 rings (SSSR count). The number of benzene rings is 2. The maximum absolute atomic E-state index is 14.8. The fourth-order valence-corrected chi connectivity index (χ4v) is 10.8. The molecule has 4 fully saturated rings. The van der Waals surface area contributed by atoms with E-state index in [1.807, 2.05) is 60.7 Å². The Morgan fingerprint density at radius 2 is 1.49 bits per heavy atom. The molecule has 11 nitrogen and oxygen atoms in total. The first-order valence-electron chi connectivity index (χ1n) is 21.3. The first-order valence-corrected chi connectivity index (χ1v) is 22.0. The molecule has 0 amide bonds. The van der Waals surface area contributed by atoms with Crippen molar-refractivity contribution in [3.8, 4) is 5.88 Å². The van der Waals surface area contributed by atoms with Gasteiger partial charge in [-0.1, -0.05) is 92.9 Å². The quantitative estimate of drug-likeness (QED) is 0.0643. The number of piperidine rings is 1. The number of unbranched alkanes of at least 4 members (excludes halogenated alkanes) is 3. The highest BCUT2D eigenvalue weighted by molar-refractivity contribution is 6.99. The molecule has 4 aliphatic heterocycles.